The number of pyridine rings is 1. The van der Waals surface area contributed by atoms with Crippen LogP contribution in [0.15, 0.2) is 29.4 Å². The zero-order chi connectivity index (χ0) is 19.2. The third-order valence-electron chi connectivity index (χ3n) is 4.04. The van der Waals surface area contributed by atoms with E-state index in [2.05, 4.69) is 26.7 Å². The largest absolute Gasteiger partial charge is 0.417 e. The Morgan fingerprint density at radius 3 is 2.88 bits per heavy atom. The number of aliphatic imine (C=N–C) groups is 1. The van der Waals surface area contributed by atoms with Gasteiger partial charge in [-0.05, 0) is 25.8 Å². The van der Waals surface area contributed by atoms with Gasteiger partial charge in [0.2, 0.25) is 0 Å². The first-order chi connectivity index (χ1) is 12.3. The van der Waals surface area contributed by atoms with E-state index in [0.717, 1.165) is 31.6 Å². The molecule has 1 aliphatic heterocycles. The Morgan fingerprint density at radius 2 is 2.27 bits per heavy atom. The van der Waals surface area contributed by atoms with Crippen molar-refractivity contribution in [2.45, 2.75) is 32.0 Å². The van der Waals surface area contributed by atoms with Gasteiger partial charge in [-0.25, -0.2) is 4.98 Å². The van der Waals surface area contributed by atoms with Crippen molar-refractivity contribution in [2.75, 3.05) is 31.6 Å². The molecule has 0 aromatic carbocycles. The molecule has 0 amide bonds. The quantitative estimate of drug-likeness (QED) is 0.350. The molecule has 0 bridgehead atoms. The number of nitrogens with zero attached hydrogens (tertiary/aromatic N) is 3. The van der Waals surface area contributed by atoms with Crippen molar-refractivity contribution in [1.29, 1.82) is 0 Å². The number of alkyl halides is 3. The first-order valence-corrected chi connectivity index (χ1v) is 8.79. The van der Waals surface area contributed by atoms with E-state index in [-0.39, 0.29) is 11.1 Å². The summed E-state index contributed by atoms with van der Waals surface area (Å²) in [6, 6.07) is 1.04. The Bertz CT molecular complexity index is 660. The van der Waals surface area contributed by atoms with Crippen LogP contribution >= 0.6 is 11.6 Å². The molecule has 2 heterocycles. The third-order valence-corrected chi connectivity index (χ3v) is 4.32. The van der Waals surface area contributed by atoms with Crippen molar-refractivity contribution in [2.24, 2.45) is 4.99 Å². The van der Waals surface area contributed by atoms with Crippen LogP contribution in [0.3, 0.4) is 0 Å². The molecule has 1 saturated heterocycles. The summed E-state index contributed by atoms with van der Waals surface area (Å²) >= 11 is 6.03. The normalized spacial score (nSPS) is 18.6. The molecule has 0 saturated carbocycles. The molecular weight excluding hydrogens is 367 g/mol. The van der Waals surface area contributed by atoms with Crippen molar-refractivity contribution in [3.8, 4) is 0 Å². The number of guanidine groups is 1. The summed E-state index contributed by atoms with van der Waals surface area (Å²) in [7, 11) is 1.70. The number of anilines is 1. The molecule has 1 aromatic rings. The number of hydrogen-bond donors (Lipinski definition) is 2. The minimum Gasteiger partial charge on any atom is -0.356 e. The van der Waals surface area contributed by atoms with E-state index in [1.165, 1.54) is 0 Å². The summed E-state index contributed by atoms with van der Waals surface area (Å²) < 4.78 is 38.2. The van der Waals surface area contributed by atoms with Crippen LogP contribution < -0.4 is 15.5 Å². The van der Waals surface area contributed by atoms with E-state index in [0.29, 0.717) is 24.9 Å². The van der Waals surface area contributed by atoms with Gasteiger partial charge in [0.15, 0.2) is 5.96 Å². The molecule has 144 valence electrons. The summed E-state index contributed by atoms with van der Waals surface area (Å²) in [4.78, 5) is 9.99. The summed E-state index contributed by atoms with van der Waals surface area (Å²) in [6.45, 7) is 3.99. The van der Waals surface area contributed by atoms with Gasteiger partial charge in [0.25, 0.3) is 0 Å². The molecular formula is C17H23ClF3N5. The Labute approximate surface area is 156 Å². The van der Waals surface area contributed by atoms with Crippen LogP contribution in [-0.2, 0) is 6.18 Å². The number of hydrogen-bond acceptors (Lipinski definition) is 3. The van der Waals surface area contributed by atoms with Crippen LogP contribution in [-0.4, -0.2) is 43.7 Å². The lowest BCUT2D eigenvalue weighted by Gasteiger charge is -2.21. The summed E-state index contributed by atoms with van der Waals surface area (Å²) in [5.41, 5.74) is -0.842. The molecule has 0 spiro atoms. The van der Waals surface area contributed by atoms with Crippen molar-refractivity contribution in [3.05, 3.63) is 35.0 Å². The van der Waals surface area contributed by atoms with Crippen LogP contribution in [0.2, 0.25) is 5.02 Å². The number of allylic oxidation sites excluding steroid dienone is 1. The van der Waals surface area contributed by atoms with E-state index < -0.39 is 11.7 Å². The van der Waals surface area contributed by atoms with Gasteiger partial charge in [-0.2, -0.15) is 13.2 Å². The standard InChI is InChI=1S/C17H23ClF3N5/c1-3-4-5-7-23-16(22-2)25-13-6-8-26(11-13)15-14(18)9-12(10-24-15)17(19,20)21/h3-4,9-10,13H,5-8,11H2,1-2H3,(H2,22,23,25)/b4-3+. The van der Waals surface area contributed by atoms with Crippen molar-refractivity contribution in [3.63, 3.8) is 0 Å². The molecule has 1 aromatic heterocycles. The van der Waals surface area contributed by atoms with Crippen molar-refractivity contribution >= 4 is 23.4 Å². The number of halogens is 4. The van der Waals surface area contributed by atoms with Crippen LogP contribution in [0.4, 0.5) is 19.0 Å². The smallest absolute Gasteiger partial charge is 0.356 e. The molecule has 26 heavy (non-hydrogen) atoms. The molecule has 5 nitrogen and oxygen atoms in total. The van der Waals surface area contributed by atoms with E-state index >= 15 is 0 Å². The minimum absolute atomic E-state index is 0.00864. The first kappa shape index (κ1) is 20.4. The number of aromatic nitrogens is 1. The van der Waals surface area contributed by atoms with Gasteiger partial charge in [0.1, 0.15) is 5.82 Å². The topological polar surface area (TPSA) is 52.6 Å². The van der Waals surface area contributed by atoms with E-state index in [1.54, 1.807) is 7.05 Å². The monoisotopic (exact) mass is 389 g/mol. The molecule has 1 fully saturated rings. The highest BCUT2D eigenvalue weighted by Gasteiger charge is 2.33. The fourth-order valence-corrected chi connectivity index (χ4v) is 3.00. The Hall–Kier alpha value is -1.96. The van der Waals surface area contributed by atoms with Crippen molar-refractivity contribution < 1.29 is 13.2 Å². The van der Waals surface area contributed by atoms with E-state index in [9.17, 15) is 13.2 Å². The molecule has 1 atom stereocenters. The predicted molar refractivity (Wildman–Crippen MR) is 98.8 cm³/mol. The molecule has 2 N–H and O–H groups in total. The van der Waals surface area contributed by atoms with Gasteiger partial charge in [-0.1, -0.05) is 23.8 Å². The first-order valence-electron chi connectivity index (χ1n) is 8.41. The molecule has 1 unspecified atom stereocenters. The summed E-state index contributed by atoms with van der Waals surface area (Å²) in [5.74, 6) is 1.08. The summed E-state index contributed by atoms with van der Waals surface area (Å²) in [5, 5.41) is 6.55. The van der Waals surface area contributed by atoms with Crippen LogP contribution in [0.1, 0.15) is 25.3 Å². The molecule has 0 radical (unpaired) electrons. The van der Waals surface area contributed by atoms with E-state index in [4.69, 9.17) is 11.6 Å². The molecule has 0 aliphatic carbocycles. The maximum atomic E-state index is 12.7. The van der Waals surface area contributed by atoms with Gasteiger partial charge in [0.05, 0.1) is 10.6 Å². The Balaban J connectivity index is 1.93. The average molecular weight is 390 g/mol. The second kappa shape index (κ2) is 9.12. The predicted octanol–water partition coefficient (Wildman–Crippen LogP) is 3.46. The highest BCUT2D eigenvalue weighted by Crippen LogP contribution is 2.34. The lowest BCUT2D eigenvalue weighted by molar-refractivity contribution is -0.137. The van der Waals surface area contributed by atoms with Crippen molar-refractivity contribution in [1.82, 2.24) is 15.6 Å². The second-order valence-corrected chi connectivity index (χ2v) is 6.37. The zero-order valence-corrected chi connectivity index (χ0v) is 15.5. The highest BCUT2D eigenvalue weighted by atomic mass is 35.5. The second-order valence-electron chi connectivity index (χ2n) is 5.96. The van der Waals surface area contributed by atoms with Crippen LogP contribution in [0.25, 0.3) is 0 Å². The molecule has 2 rings (SSSR count). The maximum Gasteiger partial charge on any atom is 0.417 e. The van der Waals surface area contributed by atoms with Gasteiger partial charge < -0.3 is 15.5 Å². The lowest BCUT2D eigenvalue weighted by Crippen LogP contribution is -2.44. The fraction of sp³-hybridized carbons (Fsp3) is 0.529. The fourth-order valence-electron chi connectivity index (χ4n) is 2.72. The van der Waals surface area contributed by atoms with Crippen LogP contribution in [0, 0.1) is 0 Å². The molecule has 9 heteroatoms. The third kappa shape index (κ3) is 5.52. The molecule has 1 aliphatic rings. The number of nitrogens with one attached hydrogen (secondary N) is 2. The summed E-state index contributed by atoms with van der Waals surface area (Å²) in [6.07, 6.45) is 2.15. The van der Waals surface area contributed by atoms with Gasteiger partial charge in [0, 0.05) is 38.9 Å². The van der Waals surface area contributed by atoms with Crippen LogP contribution in [0.5, 0.6) is 0 Å². The van der Waals surface area contributed by atoms with Gasteiger partial charge >= 0.3 is 6.18 Å². The SMILES string of the molecule is C/C=C/CCNC(=NC)NC1CCN(c2ncc(C(F)(F)F)cc2Cl)C1. The number of rotatable bonds is 5. The Kier molecular flexibility index (Phi) is 7.14. The van der Waals surface area contributed by atoms with E-state index in [1.807, 2.05) is 17.9 Å². The average Bonchev–Trinajstić information content (AvgIpc) is 3.05. The maximum absolute atomic E-state index is 12.7. The Morgan fingerprint density at radius 1 is 1.50 bits per heavy atom. The van der Waals surface area contributed by atoms with Gasteiger partial charge in [-0.3, -0.25) is 4.99 Å². The highest BCUT2D eigenvalue weighted by molar-refractivity contribution is 6.33. The lowest BCUT2D eigenvalue weighted by atomic mass is 10.2. The van der Waals surface area contributed by atoms with Gasteiger partial charge in [-0.15, -0.1) is 0 Å². The minimum atomic E-state index is -4.45. The zero-order valence-electron chi connectivity index (χ0n) is 14.8.